The lowest BCUT2D eigenvalue weighted by molar-refractivity contribution is 0.282. The minimum absolute atomic E-state index is 0.0409. The van der Waals surface area contributed by atoms with Gasteiger partial charge in [0.2, 0.25) is 0 Å². The highest BCUT2D eigenvalue weighted by Crippen LogP contribution is 2.33. The summed E-state index contributed by atoms with van der Waals surface area (Å²) in [5.41, 5.74) is 1.79. The number of anilines is 1. The summed E-state index contributed by atoms with van der Waals surface area (Å²) in [6, 6.07) is 8.42. The van der Waals surface area contributed by atoms with E-state index in [1.165, 1.54) is 12.8 Å². The van der Waals surface area contributed by atoms with Crippen molar-refractivity contribution in [1.82, 2.24) is 0 Å². The van der Waals surface area contributed by atoms with Crippen molar-refractivity contribution in [2.24, 2.45) is 0 Å². The van der Waals surface area contributed by atoms with E-state index in [1.54, 1.807) is 0 Å². The average Bonchev–Trinajstić information content (AvgIpc) is 3.14. The number of aliphatic hydroxyl groups is 1. The zero-order chi connectivity index (χ0) is 12.3. The molecule has 0 amide bonds. The highest BCUT2D eigenvalue weighted by molar-refractivity contribution is 6.31. The first-order chi connectivity index (χ1) is 8.26. The van der Waals surface area contributed by atoms with Crippen LogP contribution >= 0.6 is 11.6 Å². The molecule has 0 spiro atoms. The quantitative estimate of drug-likeness (QED) is 0.874. The van der Waals surface area contributed by atoms with Crippen LogP contribution in [-0.4, -0.2) is 17.7 Å². The summed E-state index contributed by atoms with van der Waals surface area (Å²) in [5.74, 6) is 0. The van der Waals surface area contributed by atoms with E-state index in [2.05, 4.69) is 11.0 Å². The molecule has 0 aliphatic heterocycles. The van der Waals surface area contributed by atoms with Gasteiger partial charge < -0.3 is 10.0 Å². The molecule has 1 aromatic rings. The Labute approximate surface area is 106 Å². The van der Waals surface area contributed by atoms with Gasteiger partial charge in [0.1, 0.15) is 0 Å². The van der Waals surface area contributed by atoms with Gasteiger partial charge in [0.25, 0.3) is 0 Å². The lowest BCUT2D eigenvalue weighted by atomic mass is 10.2. The number of aliphatic hydroxyl groups excluding tert-OH is 1. The summed E-state index contributed by atoms with van der Waals surface area (Å²) in [6.07, 6.45) is 2.89. The summed E-state index contributed by atoms with van der Waals surface area (Å²) in [5, 5.41) is 18.3. The van der Waals surface area contributed by atoms with E-state index in [4.69, 9.17) is 22.0 Å². The molecule has 0 heterocycles. The van der Waals surface area contributed by atoms with Crippen LogP contribution in [0.3, 0.4) is 0 Å². The summed E-state index contributed by atoms with van der Waals surface area (Å²) in [7, 11) is 0. The normalized spacial score (nSPS) is 14.4. The van der Waals surface area contributed by atoms with Crippen LogP contribution < -0.4 is 4.90 Å². The highest BCUT2D eigenvalue weighted by Gasteiger charge is 2.29. The molecule has 1 saturated carbocycles. The van der Waals surface area contributed by atoms with Crippen molar-refractivity contribution in [3.8, 4) is 6.07 Å². The van der Waals surface area contributed by atoms with Crippen LogP contribution in [0.2, 0.25) is 5.02 Å². The van der Waals surface area contributed by atoms with Crippen LogP contribution in [0.1, 0.15) is 24.8 Å². The molecule has 1 fully saturated rings. The van der Waals surface area contributed by atoms with E-state index in [-0.39, 0.29) is 6.61 Å². The molecule has 90 valence electrons. The van der Waals surface area contributed by atoms with Crippen molar-refractivity contribution in [2.75, 3.05) is 11.4 Å². The maximum atomic E-state index is 9.07. The number of nitrogens with zero attached hydrogens (tertiary/aromatic N) is 2. The van der Waals surface area contributed by atoms with Crippen molar-refractivity contribution < 1.29 is 5.11 Å². The van der Waals surface area contributed by atoms with Gasteiger partial charge in [-0.1, -0.05) is 17.7 Å². The lowest BCUT2D eigenvalue weighted by Gasteiger charge is -2.24. The van der Waals surface area contributed by atoms with Crippen molar-refractivity contribution in [1.29, 1.82) is 5.26 Å². The molecule has 1 N–H and O–H groups in total. The van der Waals surface area contributed by atoms with Crippen LogP contribution in [0.15, 0.2) is 18.2 Å². The van der Waals surface area contributed by atoms with Crippen LogP contribution in [0.4, 0.5) is 5.69 Å². The fourth-order valence-corrected chi connectivity index (χ4v) is 2.16. The third kappa shape index (κ3) is 2.91. The van der Waals surface area contributed by atoms with Gasteiger partial charge >= 0.3 is 0 Å². The molecule has 17 heavy (non-hydrogen) atoms. The number of nitriles is 1. The number of benzene rings is 1. The van der Waals surface area contributed by atoms with Crippen LogP contribution in [0.5, 0.6) is 0 Å². The summed E-state index contributed by atoms with van der Waals surface area (Å²) in [4.78, 5) is 2.23. The summed E-state index contributed by atoms with van der Waals surface area (Å²) >= 11 is 6.08. The predicted molar refractivity (Wildman–Crippen MR) is 68.0 cm³/mol. The van der Waals surface area contributed by atoms with Crippen molar-refractivity contribution in [2.45, 2.75) is 31.9 Å². The van der Waals surface area contributed by atoms with E-state index in [9.17, 15) is 0 Å². The average molecular weight is 251 g/mol. The van der Waals surface area contributed by atoms with Gasteiger partial charge in [-0.25, -0.2) is 0 Å². The monoisotopic (exact) mass is 250 g/mol. The number of hydrogen-bond acceptors (Lipinski definition) is 3. The van der Waals surface area contributed by atoms with E-state index in [1.807, 2.05) is 18.2 Å². The fraction of sp³-hybridized carbons (Fsp3) is 0.462. The first-order valence-corrected chi connectivity index (χ1v) is 6.17. The molecule has 0 unspecified atom stereocenters. The molecule has 0 aromatic heterocycles. The molecular weight excluding hydrogens is 236 g/mol. The van der Waals surface area contributed by atoms with Gasteiger partial charge in [-0.2, -0.15) is 5.26 Å². The zero-order valence-corrected chi connectivity index (χ0v) is 10.3. The van der Waals surface area contributed by atoms with Crippen molar-refractivity contribution in [3.63, 3.8) is 0 Å². The Bertz CT molecular complexity index is 438. The highest BCUT2D eigenvalue weighted by atomic mass is 35.5. The van der Waals surface area contributed by atoms with E-state index >= 15 is 0 Å². The number of halogens is 1. The fourth-order valence-electron chi connectivity index (χ4n) is 1.92. The summed E-state index contributed by atoms with van der Waals surface area (Å²) in [6.45, 7) is 0.705. The first kappa shape index (κ1) is 12.2. The Hall–Kier alpha value is -1.24. The lowest BCUT2D eigenvalue weighted by Crippen LogP contribution is -2.26. The van der Waals surface area contributed by atoms with Crippen LogP contribution in [0, 0.1) is 11.3 Å². The molecule has 2 rings (SSSR count). The van der Waals surface area contributed by atoms with Gasteiger partial charge in [0.05, 0.1) is 19.1 Å². The Morgan fingerprint density at radius 3 is 2.76 bits per heavy atom. The number of hydrogen-bond donors (Lipinski definition) is 1. The number of rotatable bonds is 5. The molecule has 1 aliphatic carbocycles. The summed E-state index contributed by atoms with van der Waals surface area (Å²) < 4.78 is 0. The second-order valence-electron chi connectivity index (χ2n) is 4.27. The topological polar surface area (TPSA) is 47.3 Å². The van der Waals surface area contributed by atoms with Crippen LogP contribution in [-0.2, 0) is 6.61 Å². The van der Waals surface area contributed by atoms with Gasteiger partial charge in [0.15, 0.2) is 0 Å². The molecule has 1 aromatic carbocycles. The molecule has 0 atom stereocenters. The Balaban J connectivity index is 2.18. The van der Waals surface area contributed by atoms with Gasteiger partial charge in [0, 0.05) is 23.3 Å². The molecule has 3 nitrogen and oxygen atoms in total. The predicted octanol–water partition coefficient (Wildman–Crippen LogP) is 2.71. The maximum Gasteiger partial charge on any atom is 0.0696 e. The largest absolute Gasteiger partial charge is 0.392 e. The molecule has 0 saturated heterocycles. The standard InChI is InChI=1S/C13H15ClN2O/c14-13-8-12(3-2-10(13)9-17)16(7-1-6-15)11-4-5-11/h2-3,8,11,17H,1,4-5,7,9H2. The van der Waals surface area contributed by atoms with Gasteiger partial charge in [-0.05, 0) is 30.5 Å². The Morgan fingerprint density at radius 1 is 1.47 bits per heavy atom. The minimum Gasteiger partial charge on any atom is -0.392 e. The van der Waals surface area contributed by atoms with Gasteiger partial charge in [-0.15, -0.1) is 0 Å². The molecule has 0 bridgehead atoms. The molecule has 1 aliphatic rings. The Morgan fingerprint density at radius 2 is 2.24 bits per heavy atom. The van der Waals surface area contributed by atoms with E-state index < -0.39 is 0 Å². The third-order valence-electron chi connectivity index (χ3n) is 2.99. The van der Waals surface area contributed by atoms with Crippen LogP contribution in [0.25, 0.3) is 0 Å². The second-order valence-corrected chi connectivity index (χ2v) is 4.67. The smallest absolute Gasteiger partial charge is 0.0696 e. The van der Waals surface area contributed by atoms with Crippen molar-refractivity contribution >= 4 is 17.3 Å². The van der Waals surface area contributed by atoms with E-state index in [0.717, 1.165) is 17.8 Å². The first-order valence-electron chi connectivity index (χ1n) is 5.79. The molecule has 4 heteroatoms. The second kappa shape index (κ2) is 5.39. The zero-order valence-electron chi connectivity index (χ0n) is 9.56. The molecular formula is C13H15ClN2O. The minimum atomic E-state index is -0.0409. The maximum absolute atomic E-state index is 9.07. The Kier molecular flexibility index (Phi) is 3.88. The van der Waals surface area contributed by atoms with Crippen molar-refractivity contribution in [3.05, 3.63) is 28.8 Å². The third-order valence-corrected chi connectivity index (χ3v) is 3.34. The van der Waals surface area contributed by atoms with Gasteiger partial charge in [-0.3, -0.25) is 0 Å². The van der Waals surface area contributed by atoms with E-state index in [0.29, 0.717) is 17.5 Å². The SMILES string of the molecule is N#CCCN(c1ccc(CO)c(Cl)c1)C1CC1. The molecule has 0 radical (unpaired) electrons.